The third-order valence-corrected chi connectivity index (χ3v) is 7.24. The van der Waals surface area contributed by atoms with Crippen molar-refractivity contribution in [1.82, 2.24) is 15.1 Å². The number of halogens is 5. The van der Waals surface area contributed by atoms with Crippen LogP contribution in [0.25, 0.3) is 0 Å². The fourth-order valence-corrected chi connectivity index (χ4v) is 4.65. The maximum atomic E-state index is 14.1. The van der Waals surface area contributed by atoms with Gasteiger partial charge in [-0.2, -0.15) is 13.2 Å². The van der Waals surface area contributed by atoms with Gasteiger partial charge in [-0.3, -0.25) is 4.79 Å². The maximum absolute atomic E-state index is 14.1. The number of allylic oxidation sites excluding steroid dienone is 2. The lowest BCUT2D eigenvalue weighted by Crippen LogP contribution is -2.46. The SMILES string of the molecule is CC1=N/C(=C2\CN(C(=O)c3ccc(F)cc3OC3CCN(CC(O)C(F)(F)F)CC3)CC2=N)NC(C)=C1Cl. The van der Waals surface area contributed by atoms with E-state index in [9.17, 15) is 27.5 Å². The molecule has 0 aliphatic carbocycles. The number of benzene rings is 1. The van der Waals surface area contributed by atoms with E-state index >= 15 is 0 Å². The number of carbonyl (C=O) groups excluding carboxylic acids is 1. The van der Waals surface area contributed by atoms with Gasteiger partial charge in [-0.1, -0.05) is 11.6 Å². The Balaban J connectivity index is 1.45. The van der Waals surface area contributed by atoms with Crippen LogP contribution in [0.2, 0.25) is 0 Å². The van der Waals surface area contributed by atoms with Crippen molar-refractivity contribution in [2.45, 2.75) is 45.1 Å². The molecule has 0 spiro atoms. The van der Waals surface area contributed by atoms with E-state index in [-0.39, 0.29) is 43.2 Å². The zero-order chi connectivity index (χ0) is 27.8. The molecule has 1 unspecified atom stereocenters. The van der Waals surface area contributed by atoms with Crippen molar-refractivity contribution in [3.8, 4) is 5.75 Å². The van der Waals surface area contributed by atoms with Crippen molar-refractivity contribution in [2.75, 3.05) is 32.7 Å². The molecule has 0 aromatic heterocycles. The van der Waals surface area contributed by atoms with E-state index in [0.29, 0.717) is 40.7 Å². The molecule has 38 heavy (non-hydrogen) atoms. The highest BCUT2D eigenvalue weighted by molar-refractivity contribution is 6.43. The van der Waals surface area contributed by atoms with Gasteiger partial charge >= 0.3 is 6.18 Å². The van der Waals surface area contributed by atoms with Crippen LogP contribution in [0.15, 0.2) is 45.3 Å². The Hall–Kier alpha value is -2.96. The summed E-state index contributed by atoms with van der Waals surface area (Å²) in [6.07, 6.45) is -6.87. The molecule has 8 nitrogen and oxygen atoms in total. The lowest BCUT2D eigenvalue weighted by Gasteiger charge is -2.33. The van der Waals surface area contributed by atoms with Crippen LogP contribution >= 0.6 is 11.6 Å². The van der Waals surface area contributed by atoms with Crippen molar-refractivity contribution < 1.29 is 32.2 Å². The Kier molecular flexibility index (Phi) is 8.15. The summed E-state index contributed by atoms with van der Waals surface area (Å²) in [5.74, 6) is -0.572. The highest BCUT2D eigenvalue weighted by Crippen LogP contribution is 2.29. The number of rotatable bonds is 5. The number of ether oxygens (including phenoxy) is 1. The van der Waals surface area contributed by atoms with E-state index in [0.717, 1.165) is 12.1 Å². The van der Waals surface area contributed by atoms with Crippen LogP contribution in [0.4, 0.5) is 17.6 Å². The van der Waals surface area contributed by atoms with Crippen LogP contribution in [0.3, 0.4) is 0 Å². The van der Waals surface area contributed by atoms with Crippen molar-refractivity contribution in [3.05, 3.63) is 51.7 Å². The summed E-state index contributed by atoms with van der Waals surface area (Å²) in [7, 11) is 0. The quantitative estimate of drug-likeness (QED) is 0.478. The van der Waals surface area contributed by atoms with E-state index < -0.39 is 36.7 Å². The van der Waals surface area contributed by atoms with Crippen molar-refractivity contribution in [2.24, 2.45) is 4.99 Å². The molecule has 1 aromatic carbocycles. The van der Waals surface area contributed by atoms with E-state index in [1.54, 1.807) is 13.8 Å². The predicted molar refractivity (Wildman–Crippen MR) is 134 cm³/mol. The number of aliphatic imine (C=N–C) groups is 1. The third-order valence-electron chi connectivity index (χ3n) is 6.68. The molecule has 2 saturated heterocycles. The van der Waals surface area contributed by atoms with Gasteiger partial charge in [0.15, 0.2) is 6.10 Å². The maximum Gasteiger partial charge on any atom is 0.415 e. The summed E-state index contributed by atoms with van der Waals surface area (Å²) in [5.41, 5.74) is 2.15. The average Bonchev–Trinajstić information content (AvgIpc) is 3.24. The summed E-state index contributed by atoms with van der Waals surface area (Å²) in [4.78, 5) is 20.8. The van der Waals surface area contributed by atoms with E-state index in [4.69, 9.17) is 21.7 Å². The Bertz CT molecular complexity index is 1220. The Morgan fingerprint density at radius 3 is 2.61 bits per heavy atom. The first kappa shape index (κ1) is 28.1. The molecule has 1 aromatic rings. The smallest absolute Gasteiger partial charge is 0.415 e. The van der Waals surface area contributed by atoms with Crippen LogP contribution in [0, 0.1) is 11.2 Å². The molecule has 2 fully saturated rings. The van der Waals surface area contributed by atoms with Gasteiger partial charge in [-0.05, 0) is 38.8 Å². The number of nitrogens with one attached hydrogen (secondary N) is 2. The number of nitrogens with zero attached hydrogens (tertiary/aromatic N) is 3. The molecule has 1 atom stereocenters. The number of carbonyl (C=O) groups is 1. The summed E-state index contributed by atoms with van der Waals surface area (Å²) in [5, 5.41) is 21.3. The first-order valence-corrected chi connectivity index (χ1v) is 12.4. The summed E-state index contributed by atoms with van der Waals surface area (Å²) >= 11 is 6.19. The molecule has 1 amide bonds. The zero-order valence-electron chi connectivity index (χ0n) is 20.8. The molecule has 4 rings (SSSR count). The second-order valence-corrected chi connectivity index (χ2v) is 9.92. The summed E-state index contributed by atoms with van der Waals surface area (Å²) < 4.78 is 58.0. The number of likely N-dealkylation sites (tertiary alicyclic amines) is 2. The molecule has 3 aliphatic rings. The Morgan fingerprint density at radius 1 is 1.29 bits per heavy atom. The van der Waals surface area contributed by atoms with Gasteiger partial charge in [0.25, 0.3) is 5.91 Å². The molecule has 206 valence electrons. The number of alkyl halides is 3. The molecule has 3 heterocycles. The van der Waals surface area contributed by atoms with Gasteiger partial charge in [0.05, 0.1) is 35.1 Å². The number of β-amino-alcohol motifs (C(OH)–C–C–N with tert-alkyl or cyclic N) is 1. The number of hydrogen-bond donors (Lipinski definition) is 3. The molecule has 3 N–H and O–H groups in total. The lowest BCUT2D eigenvalue weighted by molar-refractivity contribution is -0.208. The fraction of sp³-hybridized carbons (Fsp3) is 0.480. The number of amides is 1. The van der Waals surface area contributed by atoms with E-state index in [1.807, 2.05) is 0 Å². The fourth-order valence-electron chi connectivity index (χ4n) is 4.56. The van der Waals surface area contributed by atoms with Gasteiger partial charge in [-0.25, -0.2) is 9.38 Å². The highest BCUT2D eigenvalue weighted by Gasteiger charge is 2.40. The van der Waals surface area contributed by atoms with Crippen LogP contribution in [-0.2, 0) is 0 Å². The van der Waals surface area contributed by atoms with E-state index in [1.165, 1.54) is 15.9 Å². The van der Waals surface area contributed by atoms with Crippen molar-refractivity contribution >= 4 is 28.9 Å². The monoisotopic (exact) mass is 557 g/mol. The van der Waals surface area contributed by atoms with Gasteiger partial charge in [0.2, 0.25) is 0 Å². The lowest BCUT2D eigenvalue weighted by atomic mass is 10.1. The van der Waals surface area contributed by atoms with Crippen LogP contribution in [0.5, 0.6) is 5.75 Å². The minimum Gasteiger partial charge on any atom is -0.489 e. The standard InChI is InChI=1S/C25H28ClF4N5O3/c1-13-22(26)14(2)33-23(32-13)18-10-35(11-19(18)31)24(37)17-4-3-15(27)9-20(17)38-16-5-7-34(8-6-16)12-21(36)25(28,29)30/h3-4,9,16,21,31-32,36H,5-8,10-12H2,1-2H3/b23-18+,31-19?. The third kappa shape index (κ3) is 6.19. The first-order valence-electron chi connectivity index (χ1n) is 12.1. The highest BCUT2D eigenvalue weighted by atomic mass is 35.5. The number of aliphatic hydroxyl groups excluding tert-OH is 1. The van der Waals surface area contributed by atoms with Crippen LogP contribution in [-0.4, -0.2) is 83.3 Å². The molecule has 0 saturated carbocycles. The first-order chi connectivity index (χ1) is 17.8. The number of hydrogen-bond acceptors (Lipinski definition) is 7. The normalized spacial score (nSPS) is 22.5. The largest absolute Gasteiger partial charge is 0.489 e. The van der Waals surface area contributed by atoms with Crippen molar-refractivity contribution in [1.29, 1.82) is 5.41 Å². The van der Waals surface area contributed by atoms with Gasteiger partial charge in [0, 0.05) is 37.0 Å². The number of piperidine rings is 1. The second kappa shape index (κ2) is 11.0. The van der Waals surface area contributed by atoms with Crippen LogP contribution in [0.1, 0.15) is 37.0 Å². The summed E-state index contributed by atoms with van der Waals surface area (Å²) in [6.45, 7) is 3.65. The Labute approximate surface area is 222 Å². The molecular weight excluding hydrogens is 530 g/mol. The molecule has 0 bridgehead atoms. The van der Waals surface area contributed by atoms with E-state index in [2.05, 4.69) is 10.3 Å². The Morgan fingerprint density at radius 2 is 1.97 bits per heavy atom. The second-order valence-electron chi connectivity index (χ2n) is 9.54. The zero-order valence-corrected chi connectivity index (χ0v) is 21.6. The molecule has 0 radical (unpaired) electrons. The van der Waals surface area contributed by atoms with Gasteiger partial charge in [-0.15, -0.1) is 0 Å². The number of aliphatic hydroxyl groups is 1. The minimum absolute atomic E-state index is 0.0289. The molecule has 3 aliphatic heterocycles. The van der Waals surface area contributed by atoms with Crippen molar-refractivity contribution in [3.63, 3.8) is 0 Å². The van der Waals surface area contributed by atoms with Crippen LogP contribution < -0.4 is 10.1 Å². The van der Waals surface area contributed by atoms with Gasteiger partial charge in [0.1, 0.15) is 23.5 Å². The van der Waals surface area contributed by atoms with Gasteiger partial charge < -0.3 is 30.4 Å². The summed E-state index contributed by atoms with van der Waals surface area (Å²) in [6, 6.07) is 3.58. The molecule has 13 heteroatoms. The predicted octanol–water partition coefficient (Wildman–Crippen LogP) is 3.81. The molecular formula is C25H28ClF4N5O3. The average molecular weight is 558 g/mol. The minimum atomic E-state index is -4.69. The topological polar surface area (TPSA) is 101 Å².